The first-order valence-electron chi connectivity index (χ1n) is 8.08. The molecular formula is C17H36N2O2. The molecule has 2 unspecified atom stereocenters. The fourth-order valence-corrected chi connectivity index (χ4v) is 2.80. The molecule has 4 heteroatoms. The van der Waals surface area contributed by atoms with E-state index >= 15 is 0 Å². The van der Waals surface area contributed by atoms with E-state index in [4.69, 9.17) is 10.5 Å². The summed E-state index contributed by atoms with van der Waals surface area (Å²) in [7, 11) is 0. The van der Waals surface area contributed by atoms with Crippen molar-refractivity contribution in [1.82, 2.24) is 5.32 Å². The van der Waals surface area contributed by atoms with Crippen molar-refractivity contribution in [2.75, 3.05) is 13.3 Å². The highest BCUT2D eigenvalue weighted by Gasteiger charge is 2.22. The zero-order chi connectivity index (χ0) is 16.7. The Hall–Kier alpha value is -0.610. The number of nitrogens with one attached hydrogen (secondary N) is 1. The Balaban J connectivity index is 4.06. The van der Waals surface area contributed by atoms with Gasteiger partial charge < -0.3 is 15.8 Å². The van der Waals surface area contributed by atoms with Gasteiger partial charge in [-0.1, -0.05) is 34.6 Å². The summed E-state index contributed by atoms with van der Waals surface area (Å²) < 4.78 is 5.42. The normalized spacial score (nSPS) is 15.6. The lowest BCUT2D eigenvalue weighted by molar-refractivity contribution is -0.125. The van der Waals surface area contributed by atoms with Gasteiger partial charge in [-0.3, -0.25) is 4.79 Å². The van der Waals surface area contributed by atoms with Crippen LogP contribution in [0.3, 0.4) is 0 Å². The first-order chi connectivity index (χ1) is 9.47. The topological polar surface area (TPSA) is 64.3 Å². The molecule has 0 aromatic carbocycles. The van der Waals surface area contributed by atoms with Gasteiger partial charge in [0.05, 0.1) is 12.3 Å². The molecule has 0 aliphatic rings. The molecule has 0 rings (SSSR count). The molecule has 0 aliphatic carbocycles. The molecular weight excluding hydrogens is 264 g/mol. The number of carbonyl (C=O) groups is 1. The number of hydrogen-bond acceptors (Lipinski definition) is 3. The molecule has 0 aliphatic heterocycles. The van der Waals surface area contributed by atoms with Crippen molar-refractivity contribution in [2.45, 2.75) is 73.3 Å². The van der Waals surface area contributed by atoms with Gasteiger partial charge in [0, 0.05) is 12.5 Å². The molecule has 0 bridgehead atoms. The van der Waals surface area contributed by atoms with E-state index in [1.165, 1.54) is 0 Å². The summed E-state index contributed by atoms with van der Waals surface area (Å²) in [5.41, 5.74) is 5.42. The lowest BCUT2D eigenvalue weighted by Crippen LogP contribution is -2.36. The molecule has 3 N–H and O–H groups in total. The third-order valence-electron chi connectivity index (χ3n) is 3.66. The van der Waals surface area contributed by atoms with E-state index in [0.29, 0.717) is 17.9 Å². The first kappa shape index (κ1) is 20.4. The Morgan fingerprint density at radius 1 is 1.19 bits per heavy atom. The number of ether oxygens (including phenoxy) is 1. The fourth-order valence-electron chi connectivity index (χ4n) is 2.80. The summed E-state index contributed by atoms with van der Waals surface area (Å²) in [4.78, 5) is 12.1. The third kappa shape index (κ3) is 10.7. The van der Waals surface area contributed by atoms with Crippen molar-refractivity contribution in [2.24, 2.45) is 23.0 Å². The minimum Gasteiger partial charge on any atom is -0.361 e. The maximum atomic E-state index is 12.1. The number of nitrogens with two attached hydrogens (primary N) is 1. The molecule has 2 atom stereocenters. The molecule has 126 valence electrons. The van der Waals surface area contributed by atoms with Crippen LogP contribution in [-0.2, 0) is 9.53 Å². The molecule has 0 heterocycles. The maximum absolute atomic E-state index is 12.1. The predicted molar refractivity (Wildman–Crippen MR) is 88.9 cm³/mol. The highest BCUT2D eigenvalue weighted by Crippen LogP contribution is 2.28. The summed E-state index contributed by atoms with van der Waals surface area (Å²) in [6.45, 7) is 15.8. The highest BCUT2D eigenvalue weighted by atomic mass is 16.5. The van der Waals surface area contributed by atoms with Crippen LogP contribution in [0.25, 0.3) is 0 Å². The predicted octanol–water partition coefficient (Wildman–Crippen LogP) is 3.30. The van der Waals surface area contributed by atoms with Crippen LogP contribution in [0, 0.1) is 17.3 Å². The van der Waals surface area contributed by atoms with Gasteiger partial charge in [-0.25, -0.2) is 0 Å². The van der Waals surface area contributed by atoms with Crippen LogP contribution in [0.15, 0.2) is 0 Å². The Morgan fingerprint density at radius 3 is 2.24 bits per heavy atom. The van der Waals surface area contributed by atoms with Crippen LogP contribution in [0.1, 0.15) is 67.7 Å². The molecule has 21 heavy (non-hydrogen) atoms. The van der Waals surface area contributed by atoms with Crippen molar-refractivity contribution in [3.05, 3.63) is 0 Å². The van der Waals surface area contributed by atoms with E-state index in [1.54, 1.807) is 0 Å². The quantitative estimate of drug-likeness (QED) is 0.642. The molecule has 0 aromatic heterocycles. The summed E-state index contributed by atoms with van der Waals surface area (Å²) >= 11 is 0. The van der Waals surface area contributed by atoms with Gasteiger partial charge in [-0.2, -0.15) is 0 Å². The number of hydrogen-bond donors (Lipinski definition) is 2. The van der Waals surface area contributed by atoms with Crippen molar-refractivity contribution in [3.63, 3.8) is 0 Å². The second-order valence-electron chi connectivity index (χ2n) is 8.12. The van der Waals surface area contributed by atoms with Gasteiger partial charge in [0.15, 0.2) is 0 Å². The van der Waals surface area contributed by atoms with Gasteiger partial charge >= 0.3 is 0 Å². The zero-order valence-electron chi connectivity index (χ0n) is 15.1. The Labute approximate surface area is 131 Å². The SMILES string of the molecule is CC(CC(C)C(=O)NCCC(C)(C)OCN)CC(C)(C)C. The smallest absolute Gasteiger partial charge is 0.222 e. The Kier molecular flexibility index (Phi) is 8.49. The third-order valence-corrected chi connectivity index (χ3v) is 3.66. The number of carbonyl (C=O) groups excluding carboxylic acids is 1. The highest BCUT2D eigenvalue weighted by molar-refractivity contribution is 5.78. The molecule has 0 radical (unpaired) electrons. The van der Waals surface area contributed by atoms with Crippen LogP contribution in [0.4, 0.5) is 0 Å². The number of rotatable bonds is 9. The van der Waals surface area contributed by atoms with Crippen LogP contribution in [0.2, 0.25) is 0 Å². The van der Waals surface area contributed by atoms with Crippen molar-refractivity contribution < 1.29 is 9.53 Å². The average Bonchev–Trinajstić information content (AvgIpc) is 2.25. The molecule has 0 spiro atoms. The summed E-state index contributed by atoms with van der Waals surface area (Å²) in [5.74, 6) is 0.753. The molecule has 0 fully saturated rings. The van der Waals surface area contributed by atoms with Crippen LogP contribution in [0.5, 0.6) is 0 Å². The Bertz CT molecular complexity index is 308. The molecule has 1 amide bonds. The minimum absolute atomic E-state index is 0.0564. The summed E-state index contributed by atoms with van der Waals surface area (Å²) in [6.07, 6.45) is 2.84. The van der Waals surface area contributed by atoms with E-state index in [9.17, 15) is 4.79 Å². The lowest BCUT2D eigenvalue weighted by atomic mass is 9.82. The minimum atomic E-state index is -0.287. The lowest BCUT2D eigenvalue weighted by Gasteiger charge is -2.26. The molecule has 0 saturated carbocycles. The standard InChI is InChI=1S/C17H36N2O2/c1-13(11-16(3,4)5)10-14(2)15(20)19-9-8-17(6,7)21-12-18/h13-14H,8-12,18H2,1-7H3,(H,19,20). The monoisotopic (exact) mass is 300 g/mol. The average molecular weight is 300 g/mol. The van der Waals surface area contributed by atoms with Crippen molar-refractivity contribution >= 4 is 5.91 Å². The molecule has 0 saturated heterocycles. The molecule has 0 aromatic rings. The first-order valence-corrected chi connectivity index (χ1v) is 8.08. The fraction of sp³-hybridized carbons (Fsp3) is 0.941. The maximum Gasteiger partial charge on any atom is 0.222 e. The summed E-state index contributed by atoms with van der Waals surface area (Å²) in [5, 5.41) is 3.01. The zero-order valence-corrected chi connectivity index (χ0v) is 15.1. The Morgan fingerprint density at radius 2 is 1.76 bits per heavy atom. The van der Waals surface area contributed by atoms with E-state index < -0.39 is 0 Å². The second kappa shape index (κ2) is 8.74. The van der Waals surface area contributed by atoms with E-state index in [1.807, 2.05) is 20.8 Å². The van der Waals surface area contributed by atoms with Crippen LogP contribution in [-0.4, -0.2) is 24.8 Å². The molecule has 4 nitrogen and oxygen atoms in total. The van der Waals surface area contributed by atoms with Crippen LogP contribution < -0.4 is 11.1 Å². The largest absolute Gasteiger partial charge is 0.361 e. The summed E-state index contributed by atoms with van der Waals surface area (Å²) in [6, 6.07) is 0. The van der Waals surface area contributed by atoms with E-state index in [-0.39, 0.29) is 24.2 Å². The van der Waals surface area contributed by atoms with Gasteiger partial charge in [0.1, 0.15) is 0 Å². The van der Waals surface area contributed by atoms with Crippen molar-refractivity contribution in [3.8, 4) is 0 Å². The van der Waals surface area contributed by atoms with Gasteiger partial charge in [-0.15, -0.1) is 0 Å². The van der Waals surface area contributed by atoms with E-state index in [2.05, 4.69) is 33.0 Å². The van der Waals surface area contributed by atoms with Gasteiger partial charge in [0.2, 0.25) is 5.91 Å². The van der Waals surface area contributed by atoms with Crippen molar-refractivity contribution in [1.29, 1.82) is 0 Å². The second-order valence-corrected chi connectivity index (χ2v) is 8.12. The van der Waals surface area contributed by atoms with Gasteiger partial charge in [-0.05, 0) is 44.4 Å². The van der Waals surface area contributed by atoms with Gasteiger partial charge in [0.25, 0.3) is 0 Å². The van der Waals surface area contributed by atoms with Crippen LogP contribution >= 0.6 is 0 Å². The van der Waals surface area contributed by atoms with E-state index in [0.717, 1.165) is 19.3 Å². The number of amides is 1.